The average molecular weight is 292 g/mol. The number of fused-ring (bicyclic) bond motifs is 1. The van der Waals surface area contributed by atoms with Crippen LogP contribution in [-0.4, -0.2) is 7.11 Å². The van der Waals surface area contributed by atoms with Gasteiger partial charge in [0.1, 0.15) is 5.75 Å². The lowest BCUT2D eigenvalue weighted by Crippen LogP contribution is -2.14. The van der Waals surface area contributed by atoms with Crippen molar-refractivity contribution < 1.29 is 4.74 Å². The van der Waals surface area contributed by atoms with Gasteiger partial charge in [-0.3, -0.25) is 0 Å². The van der Waals surface area contributed by atoms with Crippen LogP contribution in [0.25, 0.3) is 10.8 Å². The lowest BCUT2D eigenvalue weighted by Gasteiger charge is -2.13. The molecule has 0 radical (unpaired) electrons. The van der Waals surface area contributed by atoms with Crippen molar-refractivity contribution in [3.05, 3.63) is 71.8 Å². The molecule has 3 N–H and O–H groups in total. The van der Waals surface area contributed by atoms with Crippen molar-refractivity contribution >= 4 is 16.5 Å². The Labute approximate surface area is 130 Å². The van der Waals surface area contributed by atoms with E-state index < -0.39 is 0 Å². The molecule has 0 fully saturated rings. The SMILES string of the molecule is COc1ccc2ccccc2c1CNCc1ccccc1N. The van der Waals surface area contributed by atoms with E-state index in [4.69, 9.17) is 10.5 Å². The van der Waals surface area contributed by atoms with E-state index in [1.807, 2.05) is 30.3 Å². The summed E-state index contributed by atoms with van der Waals surface area (Å²) in [5, 5.41) is 5.91. The molecule has 0 heterocycles. The fourth-order valence-corrected chi connectivity index (χ4v) is 2.71. The van der Waals surface area contributed by atoms with Crippen LogP contribution < -0.4 is 15.8 Å². The fraction of sp³-hybridized carbons (Fsp3) is 0.158. The van der Waals surface area contributed by atoms with Gasteiger partial charge >= 0.3 is 0 Å². The molecule has 0 bridgehead atoms. The Morgan fingerprint density at radius 2 is 1.68 bits per heavy atom. The van der Waals surface area contributed by atoms with Crippen molar-refractivity contribution in [2.75, 3.05) is 12.8 Å². The van der Waals surface area contributed by atoms with Gasteiger partial charge in [0, 0.05) is 24.3 Å². The Kier molecular flexibility index (Phi) is 4.26. The molecule has 0 saturated heterocycles. The number of hydrogen-bond donors (Lipinski definition) is 2. The molecule has 3 rings (SSSR count). The Bertz CT molecular complexity index is 783. The highest BCUT2D eigenvalue weighted by Crippen LogP contribution is 2.27. The highest BCUT2D eigenvalue weighted by atomic mass is 16.5. The van der Waals surface area contributed by atoms with E-state index in [0.717, 1.165) is 30.1 Å². The molecule has 3 heteroatoms. The molecule has 3 aromatic rings. The minimum absolute atomic E-state index is 0.735. The molecule has 0 amide bonds. The number of nitrogen functional groups attached to an aromatic ring is 1. The van der Waals surface area contributed by atoms with Gasteiger partial charge < -0.3 is 15.8 Å². The van der Waals surface area contributed by atoms with E-state index in [-0.39, 0.29) is 0 Å². The molecule has 0 saturated carbocycles. The van der Waals surface area contributed by atoms with Crippen molar-refractivity contribution in [3.63, 3.8) is 0 Å². The molecule has 0 aliphatic rings. The normalized spacial score (nSPS) is 10.8. The largest absolute Gasteiger partial charge is 0.496 e. The zero-order valence-electron chi connectivity index (χ0n) is 12.7. The Hall–Kier alpha value is -2.52. The van der Waals surface area contributed by atoms with Gasteiger partial charge in [0.15, 0.2) is 0 Å². The first-order chi connectivity index (χ1) is 10.8. The lowest BCUT2D eigenvalue weighted by molar-refractivity contribution is 0.408. The monoisotopic (exact) mass is 292 g/mol. The van der Waals surface area contributed by atoms with E-state index in [2.05, 4.69) is 35.6 Å². The summed E-state index contributed by atoms with van der Waals surface area (Å²) in [7, 11) is 1.71. The second kappa shape index (κ2) is 6.50. The third kappa shape index (κ3) is 2.90. The summed E-state index contributed by atoms with van der Waals surface area (Å²) in [5.41, 5.74) is 9.09. The first-order valence-corrected chi connectivity index (χ1v) is 7.38. The van der Waals surface area contributed by atoms with Crippen LogP contribution in [-0.2, 0) is 13.1 Å². The second-order valence-electron chi connectivity index (χ2n) is 5.27. The van der Waals surface area contributed by atoms with E-state index in [1.165, 1.54) is 16.3 Å². The lowest BCUT2D eigenvalue weighted by atomic mass is 10.0. The number of para-hydroxylation sites is 1. The summed E-state index contributed by atoms with van der Waals surface area (Å²) in [6, 6.07) is 20.4. The second-order valence-corrected chi connectivity index (χ2v) is 5.27. The smallest absolute Gasteiger partial charge is 0.123 e. The summed E-state index contributed by atoms with van der Waals surface area (Å²) in [6.07, 6.45) is 0. The van der Waals surface area contributed by atoms with Gasteiger partial charge in [-0.1, -0.05) is 48.5 Å². The van der Waals surface area contributed by atoms with Crippen LogP contribution in [0.4, 0.5) is 5.69 Å². The summed E-state index contributed by atoms with van der Waals surface area (Å²) >= 11 is 0. The van der Waals surface area contributed by atoms with Crippen molar-refractivity contribution in [2.45, 2.75) is 13.1 Å². The van der Waals surface area contributed by atoms with Gasteiger partial charge in [0.2, 0.25) is 0 Å². The first-order valence-electron chi connectivity index (χ1n) is 7.38. The number of hydrogen-bond acceptors (Lipinski definition) is 3. The van der Waals surface area contributed by atoms with Gasteiger partial charge in [-0.15, -0.1) is 0 Å². The van der Waals surface area contributed by atoms with Gasteiger partial charge in [-0.25, -0.2) is 0 Å². The number of benzene rings is 3. The highest BCUT2D eigenvalue weighted by Gasteiger charge is 2.08. The molecule has 0 aliphatic carbocycles. The molecular formula is C19H20N2O. The number of ether oxygens (including phenoxy) is 1. The van der Waals surface area contributed by atoms with E-state index in [1.54, 1.807) is 7.11 Å². The number of anilines is 1. The fourth-order valence-electron chi connectivity index (χ4n) is 2.71. The molecule has 3 nitrogen and oxygen atoms in total. The molecule has 3 aromatic carbocycles. The highest BCUT2D eigenvalue weighted by molar-refractivity contribution is 5.87. The summed E-state index contributed by atoms with van der Waals surface area (Å²) < 4.78 is 5.52. The zero-order chi connectivity index (χ0) is 15.4. The summed E-state index contributed by atoms with van der Waals surface area (Å²) in [4.78, 5) is 0. The van der Waals surface area contributed by atoms with Crippen molar-refractivity contribution in [3.8, 4) is 5.75 Å². The third-order valence-corrected chi connectivity index (χ3v) is 3.89. The molecule has 0 spiro atoms. The maximum absolute atomic E-state index is 5.98. The number of nitrogens with two attached hydrogens (primary N) is 1. The Morgan fingerprint density at radius 3 is 2.50 bits per heavy atom. The van der Waals surface area contributed by atoms with Crippen LogP contribution >= 0.6 is 0 Å². The van der Waals surface area contributed by atoms with Crippen molar-refractivity contribution in [1.82, 2.24) is 5.32 Å². The van der Waals surface area contributed by atoms with Crippen LogP contribution in [0, 0.1) is 0 Å². The molecule has 0 unspecified atom stereocenters. The van der Waals surface area contributed by atoms with Gasteiger partial charge in [0.25, 0.3) is 0 Å². The molecule has 0 atom stereocenters. The number of methoxy groups -OCH3 is 1. The van der Waals surface area contributed by atoms with Crippen LogP contribution in [0.5, 0.6) is 5.75 Å². The topological polar surface area (TPSA) is 47.3 Å². The molecule has 0 aliphatic heterocycles. The standard InChI is InChI=1S/C19H20N2O/c1-22-19-11-10-14-6-2-4-8-16(14)17(19)13-21-12-15-7-3-5-9-18(15)20/h2-11,21H,12-13,20H2,1H3. The maximum Gasteiger partial charge on any atom is 0.123 e. The van der Waals surface area contributed by atoms with Crippen LogP contribution in [0.3, 0.4) is 0 Å². The van der Waals surface area contributed by atoms with Crippen molar-refractivity contribution in [2.24, 2.45) is 0 Å². The van der Waals surface area contributed by atoms with Gasteiger partial charge in [0.05, 0.1) is 7.11 Å². The first kappa shape index (κ1) is 14.4. The van der Waals surface area contributed by atoms with Crippen molar-refractivity contribution in [1.29, 1.82) is 0 Å². The predicted molar refractivity (Wildman–Crippen MR) is 91.9 cm³/mol. The quantitative estimate of drug-likeness (QED) is 0.705. The Balaban J connectivity index is 1.82. The zero-order valence-corrected chi connectivity index (χ0v) is 12.7. The van der Waals surface area contributed by atoms with E-state index >= 15 is 0 Å². The van der Waals surface area contributed by atoms with Crippen LogP contribution in [0.2, 0.25) is 0 Å². The van der Waals surface area contributed by atoms with Gasteiger partial charge in [-0.2, -0.15) is 0 Å². The Morgan fingerprint density at radius 1 is 0.909 bits per heavy atom. The molecule has 0 aromatic heterocycles. The van der Waals surface area contributed by atoms with Crippen LogP contribution in [0.15, 0.2) is 60.7 Å². The number of rotatable bonds is 5. The number of nitrogens with one attached hydrogen (secondary N) is 1. The van der Waals surface area contributed by atoms with E-state index in [9.17, 15) is 0 Å². The summed E-state index contributed by atoms with van der Waals surface area (Å²) in [6.45, 7) is 1.47. The minimum Gasteiger partial charge on any atom is -0.496 e. The van der Waals surface area contributed by atoms with Gasteiger partial charge in [-0.05, 0) is 28.5 Å². The molecule has 22 heavy (non-hydrogen) atoms. The van der Waals surface area contributed by atoms with E-state index in [0.29, 0.717) is 0 Å². The van der Waals surface area contributed by atoms with Crippen LogP contribution in [0.1, 0.15) is 11.1 Å². The molecular weight excluding hydrogens is 272 g/mol. The summed E-state index contributed by atoms with van der Waals surface area (Å²) in [5.74, 6) is 0.909. The predicted octanol–water partition coefficient (Wildman–Crippen LogP) is 3.72. The minimum atomic E-state index is 0.735. The molecule has 112 valence electrons. The maximum atomic E-state index is 5.98. The third-order valence-electron chi connectivity index (χ3n) is 3.89. The average Bonchev–Trinajstić information content (AvgIpc) is 2.56.